The monoisotopic (exact) mass is 609 g/mol. The second kappa shape index (κ2) is 11.7. The molecule has 35 heavy (non-hydrogen) atoms. The first kappa shape index (κ1) is 26.7. The van der Waals surface area contributed by atoms with Crippen molar-refractivity contribution in [1.29, 1.82) is 0 Å². The quantitative estimate of drug-likeness (QED) is 0.151. The maximum Gasteiger partial charge on any atom is 0.404 e. The first-order chi connectivity index (χ1) is 16.6. The van der Waals surface area contributed by atoms with E-state index in [9.17, 15) is 19.7 Å². The van der Waals surface area contributed by atoms with Crippen molar-refractivity contribution in [2.24, 2.45) is 0 Å². The highest BCUT2D eigenvalue weighted by Crippen LogP contribution is 2.33. The number of carbonyl (C=O) groups excluding carboxylic acids is 2. The highest BCUT2D eigenvalue weighted by Gasteiger charge is 2.25. The number of nitrogens with zero attached hydrogens (tertiary/aromatic N) is 5. The number of nitro groups is 1. The molecular weight excluding hydrogens is 597 g/mol. The number of ether oxygens (including phenoxy) is 1. The molecule has 17 heteroatoms. The lowest BCUT2D eigenvalue weighted by Gasteiger charge is -2.10. The number of halogens is 4. The zero-order valence-corrected chi connectivity index (χ0v) is 21.5. The molecule has 0 saturated carbocycles. The van der Waals surface area contributed by atoms with Crippen LogP contribution in [0.3, 0.4) is 0 Å². The number of hydrogen-bond donors (Lipinski definition) is 2. The van der Waals surface area contributed by atoms with E-state index in [0.717, 1.165) is 0 Å². The lowest BCUT2D eigenvalue weighted by Crippen LogP contribution is -2.36. The maximum atomic E-state index is 12.2. The molecule has 1 aromatic carbocycles. The Hall–Kier alpha value is -2.94. The van der Waals surface area contributed by atoms with Gasteiger partial charge in [-0.25, -0.2) is 0 Å². The van der Waals surface area contributed by atoms with E-state index in [-0.39, 0.29) is 69.1 Å². The van der Waals surface area contributed by atoms with Gasteiger partial charge in [0.15, 0.2) is 12.4 Å². The zero-order chi connectivity index (χ0) is 25.7. The summed E-state index contributed by atoms with van der Waals surface area (Å²) in [5.74, 6) is -1.50. The molecule has 0 aliphatic rings. The van der Waals surface area contributed by atoms with Crippen molar-refractivity contribution >= 4 is 68.4 Å². The van der Waals surface area contributed by atoms with E-state index in [1.165, 1.54) is 16.8 Å². The SMILES string of the molecule is Cc1c(Br)c([N+](=O)[O-])nn1Cc1noc(C(=O)NCCNC(=O)COc2cc(Cl)c(Cl)cc2Cl)n1. The molecule has 13 nitrogen and oxygen atoms in total. The fourth-order valence-corrected chi connectivity index (χ4v) is 3.61. The predicted molar refractivity (Wildman–Crippen MR) is 127 cm³/mol. The molecule has 0 aliphatic carbocycles. The van der Waals surface area contributed by atoms with Crippen LogP contribution < -0.4 is 15.4 Å². The van der Waals surface area contributed by atoms with Crippen molar-refractivity contribution < 1.29 is 23.8 Å². The molecule has 3 rings (SSSR count). The van der Waals surface area contributed by atoms with Gasteiger partial charge in [-0.3, -0.25) is 9.59 Å². The Morgan fingerprint density at radius 3 is 2.57 bits per heavy atom. The van der Waals surface area contributed by atoms with Gasteiger partial charge in [-0.1, -0.05) is 40.0 Å². The molecule has 0 bridgehead atoms. The smallest absolute Gasteiger partial charge is 0.404 e. The topological polar surface area (TPSA) is 167 Å². The molecule has 0 radical (unpaired) electrons. The van der Waals surface area contributed by atoms with Crippen LogP contribution in [0.2, 0.25) is 15.1 Å². The molecule has 0 aliphatic heterocycles. The average molecular weight is 612 g/mol. The van der Waals surface area contributed by atoms with Gasteiger partial charge in [-0.15, -0.1) is 0 Å². The fourth-order valence-electron chi connectivity index (χ4n) is 2.59. The summed E-state index contributed by atoms with van der Waals surface area (Å²) >= 11 is 20.8. The molecule has 0 unspecified atom stereocenters. The number of hydrogen-bond acceptors (Lipinski definition) is 9. The summed E-state index contributed by atoms with van der Waals surface area (Å²) in [6.45, 7) is 1.39. The van der Waals surface area contributed by atoms with E-state index in [0.29, 0.717) is 5.69 Å². The summed E-state index contributed by atoms with van der Waals surface area (Å²) < 4.78 is 11.8. The Morgan fingerprint density at radius 1 is 1.20 bits per heavy atom. The minimum Gasteiger partial charge on any atom is -0.482 e. The number of aromatic nitrogens is 4. The summed E-state index contributed by atoms with van der Waals surface area (Å²) in [7, 11) is 0. The Bertz CT molecular complexity index is 1280. The van der Waals surface area contributed by atoms with Gasteiger partial charge >= 0.3 is 17.6 Å². The van der Waals surface area contributed by atoms with Gasteiger partial charge in [0.05, 0.1) is 25.9 Å². The van der Waals surface area contributed by atoms with Gasteiger partial charge in [0.25, 0.3) is 5.91 Å². The predicted octanol–water partition coefficient (Wildman–Crippen LogP) is 3.18. The van der Waals surface area contributed by atoms with Gasteiger partial charge in [-0.05, 0) is 33.8 Å². The molecule has 2 heterocycles. The van der Waals surface area contributed by atoms with Gasteiger partial charge in [0.1, 0.15) is 16.8 Å². The van der Waals surface area contributed by atoms with Crippen LogP contribution in [-0.4, -0.2) is 56.4 Å². The third kappa shape index (κ3) is 6.81. The summed E-state index contributed by atoms with van der Waals surface area (Å²) in [6.07, 6.45) is 0. The minimum absolute atomic E-state index is 0.0477. The summed E-state index contributed by atoms with van der Waals surface area (Å²) in [5, 5.41) is 24.3. The van der Waals surface area contributed by atoms with Crippen LogP contribution in [0.1, 0.15) is 22.2 Å². The lowest BCUT2D eigenvalue weighted by atomic mass is 10.3. The maximum absolute atomic E-state index is 12.2. The standard InChI is InChI=1S/C18H15BrCl3N7O6/c1-8-15(19)16(29(32)33)26-28(8)6-13-25-18(35-27-13)17(31)24-3-2-23-14(30)7-34-12-5-10(21)9(20)4-11(12)22/h4-5H,2-3,6-7H2,1H3,(H,23,30)(H,24,31). The molecular formula is C18H15BrCl3N7O6. The van der Waals surface area contributed by atoms with Crippen LogP contribution in [0.5, 0.6) is 5.75 Å². The van der Waals surface area contributed by atoms with Crippen LogP contribution >= 0.6 is 50.7 Å². The van der Waals surface area contributed by atoms with Gasteiger partial charge in [0.2, 0.25) is 0 Å². The van der Waals surface area contributed by atoms with Crippen molar-refractivity contribution in [3.8, 4) is 5.75 Å². The highest BCUT2D eigenvalue weighted by molar-refractivity contribution is 9.10. The average Bonchev–Trinajstić information content (AvgIpc) is 3.38. The number of amides is 2. The highest BCUT2D eigenvalue weighted by atomic mass is 79.9. The van der Waals surface area contributed by atoms with Gasteiger partial charge < -0.3 is 30.0 Å². The molecule has 0 spiro atoms. The van der Waals surface area contributed by atoms with Crippen LogP contribution in [0, 0.1) is 17.0 Å². The molecule has 2 amide bonds. The van der Waals surface area contributed by atoms with Crippen LogP contribution in [-0.2, 0) is 11.3 Å². The molecule has 0 atom stereocenters. The van der Waals surface area contributed by atoms with E-state index in [2.05, 4.69) is 41.8 Å². The van der Waals surface area contributed by atoms with E-state index < -0.39 is 16.7 Å². The molecule has 0 saturated heterocycles. The fraction of sp³-hybridized carbons (Fsp3) is 0.278. The lowest BCUT2D eigenvalue weighted by molar-refractivity contribution is -0.390. The minimum atomic E-state index is -0.666. The van der Waals surface area contributed by atoms with E-state index in [1.54, 1.807) is 6.92 Å². The molecule has 186 valence electrons. The van der Waals surface area contributed by atoms with Gasteiger partial charge in [0, 0.05) is 19.2 Å². The van der Waals surface area contributed by atoms with Crippen molar-refractivity contribution in [1.82, 2.24) is 30.6 Å². The summed E-state index contributed by atoms with van der Waals surface area (Å²) in [5.41, 5.74) is 0.480. The number of rotatable bonds is 10. The van der Waals surface area contributed by atoms with E-state index >= 15 is 0 Å². The first-order valence-corrected chi connectivity index (χ1v) is 11.5. The van der Waals surface area contributed by atoms with Crippen molar-refractivity contribution in [3.05, 3.63) is 59.2 Å². The normalized spacial score (nSPS) is 10.8. The van der Waals surface area contributed by atoms with Crippen LogP contribution in [0.15, 0.2) is 21.1 Å². The Balaban J connectivity index is 1.43. The van der Waals surface area contributed by atoms with Crippen molar-refractivity contribution in [3.63, 3.8) is 0 Å². The first-order valence-electron chi connectivity index (χ1n) is 9.59. The number of benzene rings is 1. The van der Waals surface area contributed by atoms with Crippen molar-refractivity contribution in [2.45, 2.75) is 13.5 Å². The largest absolute Gasteiger partial charge is 0.482 e. The second-order valence-corrected chi connectivity index (χ2v) is 8.76. The number of nitrogens with one attached hydrogen (secondary N) is 2. The Morgan fingerprint density at radius 2 is 1.89 bits per heavy atom. The molecule has 2 N–H and O–H groups in total. The molecule has 3 aromatic rings. The molecule has 2 aromatic heterocycles. The summed E-state index contributed by atoms with van der Waals surface area (Å²) in [6, 6.07) is 2.79. The third-order valence-corrected chi connectivity index (χ3v) is 6.26. The van der Waals surface area contributed by atoms with E-state index in [4.69, 9.17) is 44.1 Å². The zero-order valence-electron chi connectivity index (χ0n) is 17.7. The second-order valence-electron chi connectivity index (χ2n) is 6.74. The van der Waals surface area contributed by atoms with Gasteiger partial charge in [-0.2, -0.15) is 9.67 Å². The third-order valence-electron chi connectivity index (χ3n) is 4.31. The Labute approximate surface area is 220 Å². The number of carbonyl (C=O) groups is 2. The molecule has 0 fully saturated rings. The van der Waals surface area contributed by atoms with Crippen LogP contribution in [0.4, 0.5) is 5.82 Å². The van der Waals surface area contributed by atoms with Crippen LogP contribution in [0.25, 0.3) is 0 Å². The van der Waals surface area contributed by atoms with Crippen molar-refractivity contribution in [2.75, 3.05) is 19.7 Å². The summed E-state index contributed by atoms with van der Waals surface area (Å²) in [4.78, 5) is 38.4. The Kier molecular flexibility index (Phi) is 8.88. The van der Waals surface area contributed by atoms with E-state index in [1.807, 2.05) is 0 Å².